The topological polar surface area (TPSA) is 73.5 Å². The highest BCUT2D eigenvalue weighted by molar-refractivity contribution is 5.15. The predicted molar refractivity (Wildman–Crippen MR) is 69.8 cm³/mol. The molecule has 22 heavy (non-hydrogen) atoms. The molecule has 0 saturated carbocycles. The second-order valence-electron chi connectivity index (χ2n) is 5.51. The minimum absolute atomic E-state index is 0.0786. The van der Waals surface area contributed by atoms with E-state index in [1.807, 2.05) is 13.1 Å². The maximum atomic E-state index is 13.4. The van der Waals surface area contributed by atoms with Gasteiger partial charge in [-0.1, -0.05) is 0 Å². The van der Waals surface area contributed by atoms with Crippen molar-refractivity contribution in [3.8, 4) is 0 Å². The average Bonchev–Trinajstić information content (AvgIpc) is 3.10. The Morgan fingerprint density at radius 1 is 1.36 bits per heavy atom. The molecule has 3 heterocycles. The monoisotopic (exact) mass is 315 g/mol. The Bertz CT molecular complexity index is 667. The van der Waals surface area contributed by atoms with Gasteiger partial charge in [0.1, 0.15) is 6.54 Å². The Morgan fingerprint density at radius 2 is 2.14 bits per heavy atom. The second kappa shape index (κ2) is 5.04. The van der Waals surface area contributed by atoms with Crippen LogP contribution >= 0.6 is 0 Å². The van der Waals surface area contributed by atoms with E-state index in [0.717, 1.165) is 10.4 Å². The van der Waals surface area contributed by atoms with Crippen LogP contribution < -0.4 is 5.32 Å². The highest BCUT2D eigenvalue weighted by atomic mass is 19.4. The first-order valence-electron chi connectivity index (χ1n) is 6.91. The minimum atomic E-state index is -4.46. The quantitative estimate of drug-likeness (QED) is 0.911. The molecule has 0 aromatic carbocycles. The van der Waals surface area contributed by atoms with Gasteiger partial charge in [0, 0.05) is 13.2 Å². The van der Waals surface area contributed by atoms with Crippen LogP contribution in [0.25, 0.3) is 0 Å². The summed E-state index contributed by atoms with van der Waals surface area (Å²) in [6, 6.07) is 0. The molecule has 1 unspecified atom stereocenters. The lowest BCUT2D eigenvalue weighted by Gasteiger charge is -2.28. The van der Waals surface area contributed by atoms with Crippen LogP contribution in [0.4, 0.5) is 13.2 Å². The number of tetrazole rings is 1. The lowest BCUT2D eigenvalue weighted by atomic mass is 9.96. The maximum Gasteiger partial charge on any atom is 0.414 e. The fourth-order valence-electron chi connectivity index (χ4n) is 2.73. The molecule has 7 nitrogen and oxygen atoms in total. The van der Waals surface area contributed by atoms with Crippen LogP contribution in [0.5, 0.6) is 0 Å². The zero-order valence-corrected chi connectivity index (χ0v) is 12.2. The second-order valence-corrected chi connectivity index (χ2v) is 5.51. The van der Waals surface area contributed by atoms with Crippen LogP contribution in [0.15, 0.2) is 6.20 Å². The number of nitrogens with one attached hydrogen (secondary N) is 1. The Kier molecular flexibility index (Phi) is 3.42. The first-order valence-corrected chi connectivity index (χ1v) is 6.91. The third-order valence-electron chi connectivity index (χ3n) is 3.88. The molecule has 0 aliphatic carbocycles. The van der Waals surface area contributed by atoms with Gasteiger partial charge in [-0.25, -0.2) is 0 Å². The third-order valence-corrected chi connectivity index (χ3v) is 3.88. The van der Waals surface area contributed by atoms with Crippen LogP contribution in [0, 0.1) is 6.92 Å². The molecule has 2 aromatic heterocycles. The highest BCUT2D eigenvalue weighted by Crippen LogP contribution is 2.43. The van der Waals surface area contributed by atoms with Crippen molar-refractivity contribution >= 4 is 0 Å². The van der Waals surface area contributed by atoms with E-state index in [1.165, 1.54) is 0 Å². The van der Waals surface area contributed by atoms with Gasteiger partial charge in [-0.15, -0.1) is 10.2 Å². The molecule has 1 aliphatic rings. The van der Waals surface area contributed by atoms with Crippen molar-refractivity contribution < 1.29 is 13.2 Å². The van der Waals surface area contributed by atoms with Crippen molar-refractivity contribution in [1.82, 2.24) is 35.3 Å². The van der Waals surface area contributed by atoms with E-state index in [2.05, 4.69) is 25.8 Å². The van der Waals surface area contributed by atoms with Gasteiger partial charge in [-0.2, -0.15) is 23.1 Å². The fourth-order valence-corrected chi connectivity index (χ4v) is 2.73. The number of aryl methyl sites for hydroxylation is 2. The molecule has 1 N–H and O–H groups in total. The van der Waals surface area contributed by atoms with Crippen LogP contribution in [0.2, 0.25) is 0 Å². The zero-order chi connectivity index (χ0) is 16.0. The van der Waals surface area contributed by atoms with E-state index in [9.17, 15) is 13.2 Å². The molecule has 0 amide bonds. The van der Waals surface area contributed by atoms with Gasteiger partial charge in [-0.05, 0) is 37.1 Å². The maximum absolute atomic E-state index is 13.4. The summed E-state index contributed by atoms with van der Waals surface area (Å²) in [5.41, 5.74) is -0.567. The zero-order valence-electron chi connectivity index (χ0n) is 12.2. The number of aromatic nitrogens is 6. The standard InChI is InChI=1S/C12H16F3N7/c1-8-6-21(2)18-9(8)7-22-19-10(17-20-22)11(12(13,14)15)4-3-5-16-11/h6,16H,3-5,7H2,1-2H3. The van der Waals surface area contributed by atoms with E-state index in [1.54, 1.807) is 11.7 Å². The number of hydrogen-bond acceptors (Lipinski definition) is 5. The minimum Gasteiger partial charge on any atom is -0.297 e. The molecule has 1 aliphatic heterocycles. The fraction of sp³-hybridized carbons (Fsp3) is 0.667. The largest absolute Gasteiger partial charge is 0.414 e. The Morgan fingerprint density at radius 3 is 2.68 bits per heavy atom. The Labute approximate surface area is 124 Å². The summed E-state index contributed by atoms with van der Waals surface area (Å²) in [7, 11) is 1.78. The van der Waals surface area contributed by atoms with E-state index in [-0.39, 0.29) is 25.3 Å². The van der Waals surface area contributed by atoms with Crippen molar-refractivity contribution in [3.05, 3.63) is 23.3 Å². The van der Waals surface area contributed by atoms with Crippen molar-refractivity contribution in [2.75, 3.05) is 6.54 Å². The lowest BCUT2D eigenvalue weighted by Crippen LogP contribution is -2.50. The van der Waals surface area contributed by atoms with Gasteiger partial charge in [0.05, 0.1) is 5.69 Å². The highest BCUT2D eigenvalue weighted by Gasteiger charge is 2.60. The molecule has 1 atom stereocenters. The first-order chi connectivity index (χ1) is 10.3. The van der Waals surface area contributed by atoms with Crippen molar-refractivity contribution in [2.45, 2.75) is 38.0 Å². The summed E-state index contributed by atoms with van der Waals surface area (Å²) in [4.78, 5) is 1.15. The Hall–Kier alpha value is -1.97. The number of hydrogen-bond donors (Lipinski definition) is 1. The van der Waals surface area contributed by atoms with Gasteiger partial charge in [0.15, 0.2) is 5.54 Å². The first kappa shape index (κ1) is 14.9. The SMILES string of the molecule is Cc1cn(C)nc1Cn1nnc(C2(C(F)(F)F)CCCN2)n1. The van der Waals surface area contributed by atoms with E-state index < -0.39 is 11.7 Å². The van der Waals surface area contributed by atoms with Crippen LogP contribution in [0.3, 0.4) is 0 Å². The average molecular weight is 315 g/mol. The van der Waals surface area contributed by atoms with Crippen molar-refractivity contribution in [1.29, 1.82) is 0 Å². The molecule has 2 aromatic rings. The number of rotatable bonds is 3. The number of halogens is 3. The van der Waals surface area contributed by atoms with Gasteiger partial charge in [0.25, 0.3) is 0 Å². The van der Waals surface area contributed by atoms with Gasteiger partial charge >= 0.3 is 6.18 Å². The van der Waals surface area contributed by atoms with Gasteiger partial charge in [0.2, 0.25) is 5.82 Å². The number of alkyl halides is 3. The Balaban J connectivity index is 1.88. The van der Waals surface area contributed by atoms with Crippen molar-refractivity contribution in [3.63, 3.8) is 0 Å². The van der Waals surface area contributed by atoms with Crippen LogP contribution in [-0.2, 0) is 19.1 Å². The summed E-state index contributed by atoms with van der Waals surface area (Å²) in [5.74, 6) is -0.328. The van der Waals surface area contributed by atoms with Gasteiger partial charge in [-0.3, -0.25) is 10.00 Å². The van der Waals surface area contributed by atoms with Gasteiger partial charge < -0.3 is 0 Å². The van der Waals surface area contributed by atoms with Crippen LogP contribution in [-0.4, -0.2) is 42.7 Å². The molecule has 0 radical (unpaired) electrons. The summed E-state index contributed by atoms with van der Waals surface area (Å²) in [6.07, 6.45) is -2.29. The molecule has 1 fully saturated rings. The van der Waals surface area contributed by atoms with Crippen molar-refractivity contribution in [2.24, 2.45) is 7.05 Å². The summed E-state index contributed by atoms with van der Waals surface area (Å²) in [6.45, 7) is 2.34. The van der Waals surface area contributed by atoms with E-state index in [4.69, 9.17) is 0 Å². The molecule has 120 valence electrons. The normalized spacial score (nSPS) is 22.4. The summed E-state index contributed by atoms with van der Waals surface area (Å²) in [5, 5.41) is 18.0. The molecule has 10 heteroatoms. The molecular weight excluding hydrogens is 299 g/mol. The summed E-state index contributed by atoms with van der Waals surface area (Å²) < 4.78 is 41.9. The van der Waals surface area contributed by atoms with E-state index in [0.29, 0.717) is 12.1 Å². The molecule has 3 rings (SSSR count). The lowest BCUT2D eigenvalue weighted by molar-refractivity contribution is -0.198. The number of nitrogens with zero attached hydrogens (tertiary/aromatic N) is 6. The van der Waals surface area contributed by atoms with E-state index >= 15 is 0 Å². The molecule has 0 bridgehead atoms. The smallest absolute Gasteiger partial charge is 0.297 e. The molecule has 1 saturated heterocycles. The third kappa shape index (κ3) is 2.36. The van der Waals surface area contributed by atoms with Crippen LogP contribution in [0.1, 0.15) is 29.9 Å². The molecule has 0 spiro atoms. The predicted octanol–water partition coefficient (Wildman–Crippen LogP) is 0.904. The summed E-state index contributed by atoms with van der Waals surface area (Å²) >= 11 is 0. The molecular formula is C12H16F3N7.